The monoisotopic (exact) mass is 421 g/mol. The van der Waals surface area contributed by atoms with Gasteiger partial charge in [0, 0.05) is 18.5 Å². The minimum atomic E-state index is -0.499. The van der Waals surface area contributed by atoms with Gasteiger partial charge in [0.05, 0.1) is 0 Å². The Labute approximate surface area is 186 Å². The smallest absolute Gasteiger partial charge is 0.244 e. The number of nitrogens with one attached hydrogen (secondary N) is 1. The van der Waals surface area contributed by atoms with Gasteiger partial charge in [-0.1, -0.05) is 79.7 Å². The lowest BCUT2D eigenvalue weighted by molar-refractivity contribution is -0.133. The first-order valence-corrected chi connectivity index (χ1v) is 11.0. The molecule has 1 heterocycles. The van der Waals surface area contributed by atoms with Crippen LogP contribution in [0.2, 0.25) is 0 Å². The summed E-state index contributed by atoms with van der Waals surface area (Å²) < 4.78 is 0. The van der Waals surface area contributed by atoms with E-state index in [9.17, 15) is 14.4 Å². The zero-order chi connectivity index (χ0) is 22.9. The number of amides is 1. The first kappa shape index (κ1) is 26.0. The van der Waals surface area contributed by atoms with Crippen molar-refractivity contribution in [3.8, 4) is 0 Å². The van der Waals surface area contributed by atoms with Gasteiger partial charge < -0.3 is 5.32 Å². The molecule has 1 aliphatic heterocycles. The van der Waals surface area contributed by atoms with Crippen LogP contribution in [0.25, 0.3) is 0 Å². The van der Waals surface area contributed by atoms with Gasteiger partial charge in [0.1, 0.15) is 0 Å². The Hall–Kier alpha value is -3.01. The number of Topliss-reactive ketones (excluding diaryl/α,β-unsaturated/α-hetero) is 1. The maximum absolute atomic E-state index is 12.3. The van der Waals surface area contributed by atoms with Crippen molar-refractivity contribution < 1.29 is 14.4 Å². The van der Waals surface area contributed by atoms with Crippen LogP contribution in [0.5, 0.6) is 0 Å². The summed E-state index contributed by atoms with van der Waals surface area (Å²) in [6.07, 6.45) is 26.4. The summed E-state index contributed by atoms with van der Waals surface area (Å²) >= 11 is 0. The van der Waals surface area contributed by atoms with Crippen molar-refractivity contribution in [2.75, 3.05) is 0 Å². The fraction of sp³-hybridized carbons (Fsp3) is 0.370. The number of allylic oxidation sites excluding steroid dienone is 11. The Balaban J connectivity index is 2.98. The van der Waals surface area contributed by atoms with Gasteiger partial charge in [-0.2, -0.15) is 0 Å². The van der Waals surface area contributed by atoms with Gasteiger partial charge in [-0.3, -0.25) is 14.4 Å². The topological polar surface area (TPSA) is 63.2 Å². The average Bonchev–Trinajstić information content (AvgIpc) is 2.73. The molecule has 1 amide bonds. The Morgan fingerprint density at radius 3 is 2.52 bits per heavy atom. The Bertz CT molecular complexity index is 819. The van der Waals surface area contributed by atoms with E-state index in [1.54, 1.807) is 25.2 Å². The number of rotatable bonds is 4. The van der Waals surface area contributed by atoms with E-state index < -0.39 is 11.6 Å². The lowest BCUT2D eigenvalue weighted by Gasteiger charge is -2.14. The lowest BCUT2D eigenvalue weighted by Crippen LogP contribution is -2.32. The summed E-state index contributed by atoms with van der Waals surface area (Å²) in [6, 6.07) is 0.0191. The zero-order valence-electron chi connectivity index (χ0n) is 19.0. The third-order valence-corrected chi connectivity index (χ3v) is 4.58. The summed E-state index contributed by atoms with van der Waals surface area (Å²) in [5, 5.41) is 3.04. The molecule has 4 heteroatoms. The predicted octanol–water partition coefficient (Wildman–Crippen LogP) is 5.66. The van der Waals surface area contributed by atoms with Crippen molar-refractivity contribution in [2.24, 2.45) is 0 Å². The van der Waals surface area contributed by atoms with Crippen LogP contribution in [0, 0.1) is 0 Å². The second-order valence-corrected chi connectivity index (χ2v) is 7.61. The maximum Gasteiger partial charge on any atom is 0.244 e. The first-order valence-electron chi connectivity index (χ1n) is 11.0. The zero-order valence-corrected chi connectivity index (χ0v) is 19.0. The van der Waals surface area contributed by atoms with E-state index in [-0.39, 0.29) is 18.4 Å². The van der Waals surface area contributed by atoms with Crippen LogP contribution in [0.4, 0.5) is 0 Å². The highest BCUT2D eigenvalue weighted by atomic mass is 16.2. The van der Waals surface area contributed by atoms with Crippen LogP contribution < -0.4 is 5.32 Å². The predicted molar refractivity (Wildman–Crippen MR) is 129 cm³/mol. The molecule has 1 atom stereocenters. The second kappa shape index (κ2) is 15.8. The molecule has 1 rings (SSSR count). The Morgan fingerprint density at radius 1 is 0.968 bits per heavy atom. The number of ketones is 2. The molecule has 0 spiro atoms. The summed E-state index contributed by atoms with van der Waals surface area (Å²) in [5.41, 5.74) is 1.72. The van der Waals surface area contributed by atoms with Crippen molar-refractivity contribution >= 4 is 17.5 Å². The SMILES string of the molecule is CCCC=CCC1CC=C/C=C(C)/C=C/CCC(=O)C(=O)\C=C(C)/C=C/C=C/C(=O)N1. The minimum absolute atomic E-state index is 0.0191. The molecule has 0 aliphatic carbocycles. The number of carbonyl (C=O) groups excluding carboxylic acids is 3. The molecule has 166 valence electrons. The van der Waals surface area contributed by atoms with Gasteiger partial charge in [0.25, 0.3) is 0 Å². The van der Waals surface area contributed by atoms with E-state index in [4.69, 9.17) is 0 Å². The van der Waals surface area contributed by atoms with Crippen LogP contribution >= 0.6 is 0 Å². The molecule has 31 heavy (non-hydrogen) atoms. The fourth-order valence-corrected chi connectivity index (χ4v) is 2.82. The van der Waals surface area contributed by atoms with Gasteiger partial charge in [-0.05, 0) is 51.2 Å². The normalized spacial score (nSPS) is 26.4. The number of hydrogen-bond acceptors (Lipinski definition) is 3. The highest BCUT2D eigenvalue weighted by Crippen LogP contribution is 2.06. The maximum atomic E-state index is 12.3. The second-order valence-electron chi connectivity index (χ2n) is 7.61. The summed E-state index contributed by atoms with van der Waals surface area (Å²) in [4.78, 5) is 36.2. The molecule has 1 N–H and O–H groups in total. The molecular formula is C27H35NO3. The molecule has 0 aromatic carbocycles. The summed E-state index contributed by atoms with van der Waals surface area (Å²) in [6.45, 7) is 5.87. The Morgan fingerprint density at radius 2 is 1.74 bits per heavy atom. The van der Waals surface area contributed by atoms with Gasteiger partial charge in [-0.15, -0.1) is 0 Å². The molecule has 1 unspecified atom stereocenters. The van der Waals surface area contributed by atoms with Crippen molar-refractivity contribution in [3.63, 3.8) is 0 Å². The summed E-state index contributed by atoms with van der Waals surface area (Å²) in [7, 11) is 0. The largest absolute Gasteiger partial charge is 0.349 e. The number of unbranched alkanes of at least 4 members (excludes halogenated alkanes) is 1. The molecule has 0 saturated carbocycles. The minimum Gasteiger partial charge on any atom is -0.349 e. The molecule has 0 fully saturated rings. The third-order valence-electron chi connectivity index (χ3n) is 4.58. The molecule has 0 saturated heterocycles. The number of hydrogen-bond donors (Lipinski definition) is 1. The number of carbonyl (C=O) groups is 3. The van der Waals surface area contributed by atoms with Crippen LogP contribution in [-0.2, 0) is 14.4 Å². The van der Waals surface area contributed by atoms with Gasteiger partial charge in [0.15, 0.2) is 0 Å². The highest BCUT2D eigenvalue weighted by Gasteiger charge is 2.09. The first-order chi connectivity index (χ1) is 14.9. The van der Waals surface area contributed by atoms with Crippen LogP contribution in [-0.4, -0.2) is 23.5 Å². The standard InChI is InChI=1S/C27H35NO3/c1-4-5-6-7-17-24-18-11-8-14-22(2)15-9-12-19-25(29)26(30)21-23(3)16-10-13-20-27(31)28-24/h6-11,13-16,20-21,24H,4-5,12,17-19H2,1-3H3,(H,28,31)/b7-6?,11-8?,15-9+,16-10+,20-13+,22-14+,23-21-. The van der Waals surface area contributed by atoms with Crippen molar-refractivity contribution in [1.29, 1.82) is 0 Å². The van der Waals surface area contributed by atoms with Crippen molar-refractivity contribution in [3.05, 3.63) is 84.1 Å². The molecular weight excluding hydrogens is 386 g/mol. The average molecular weight is 422 g/mol. The van der Waals surface area contributed by atoms with E-state index in [1.807, 2.05) is 37.3 Å². The molecule has 1 aliphatic rings. The highest BCUT2D eigenvalue weighted by molar-refractivity contribution is 6.41. The molecule has 0 bridgehead atoms. The van der Waals surface area contributed by atoms with Crippen molar-refractivity contribution in [2.45, 2.75) is 65.3 Å². The van der Waals surface area contributed by atoms with Gasteiger partial charge in [-0.25, -0.2) is 0 Å². The van der Waals surface area contributed by atoms with E-state index in [0.29, 0.717) is 12.0 Å². The van der Waals surface area contributed by atoms with Gasteiger partial charge in [0.2, 0.25) is 17.5 Å². The fourth-order valence-electron chi connectivity index (χ4n) is 2.82. The van der Waals surface area contributed by atoms with Crippen LogP contribution in [0.1, 0.15) is 59.3 Å². The summed E-state index contributed by atoms with van der Waals surface area (Å²) in [5.74, 6) is -1.06. The molecule has 4 nitrogen and oxygen atoms in total. The van der Waals surface area contributed by atoms with Crippen LogP contribution in [0.3, 0.4) is 0 Å². The third kappa shape index (κ3) is 13.0. The quantitative estimate of drug-likeness (QED) is 0.471. The van der Waals surface area contributed by atoms with Gasteiger partial charge >= 0.3 is 0 Å². The molecule has 0 radical (unpaired) electrons. The Kier molecular flexibility index (Phi) is 13.2. The molecule has 0 aromatic heterocycles. The van der Waals surface area contributed by atoms with E-state index in [1.165, 1.54) is 12.2 Å². The van der Waals surface area contributed by atoms with E-state index >= 15 is 0 Å². The van der Waals surface area contributed by atoms with Crippen molar-refractivity contribution in [1.82, 2.24) is 5.32 Å². The van der Waals surface area contributed by atoms with E-state index in [0.717, 1.165) is 31.3 Å². The molecule has 0 aromatic rings. The van der Waals surface area contributed by atoms with Crippen LogP contribution in [0.15, 0.2) is 84.1 Å². The lowest BCUT2D eigenvalue weighted by atomic mass is 10.1. The van der Waals surface area contributed by atoms with E-state index in [2.05, 4.69) is 24.4 Å².